The van der Waals surface area contributed by atoms with Crippen molar-refractivity contribution in [2.45, 2.75) is 33.2 Å². The van der Waals surface area contributed by atoms with Crippen LogP contribution in [0.3, 0.4) is 0 Å². The molecule has 1 heterocycles. The number of hydrogen-bond donors (Lipinski definition) is 2. The molecule has 1 rings (SSSR count). The Morgan fingerprint density at radius 1 is 1.43 bits per heavy atom. The van der Waals surface area contributed by atoms with Gasteiger partial charge in [-0.3, -0.25) is 4.79 Å². The van der Waals surface area contributed by atoms with E-state index in [0.717, 1.165) is 12.1 Å². The summed E-state index contributed by atoms with van der Waals surface area (Å²) in [7, 11) is 0. The fraction of sp³-hybridized carbons (Fsp3) is 0.545. The zero-order valence-corrected chi connectivity index (χ0v) is 9.00. The molecule has 0 radical (unpaired) electrons. The minimum atomic E-state index is -0.0936. The van der Waals surface area contributed by atoms with Crippen molar-refractivity contribution < 1.29 is 0 Å². The van der Waals surface area contributed by atoms with Gasteiger partial charge < -0.3 is 10.7 Å². The monoisotopic (exact) mass is 194 g/mol. The molecule has 0 saturated carbocycles. The van der Waals surface area contributed by atoms with Crippen molar-refractivity contribution in [3.05, 3.63) is 34.2 Å². The van der Waals surface area contributed by atoms with E-state index in [1.165, 1.54) is 6.07 Å². The van der Waals surface area contributed by atoms with E-state index in [4.69, 9.17) is 5.73 Å². The molecule has 1 aromatic heterocycles. The third kappa shape index (κ3) is 3.34. The first-order valence-electron chi connectivity index (χ1n) is 4.83. The SMILES string of the molecule is CC(C)(C)CC(N)c1cccc(=O)[nH]1. The van der Waals surface area contributed by atoms with Crippen LogP contribution in [0.15, 0.2) is 23.0 Å². The summed E-state index contributed by atoms with van der Waals surface area (Å²) < 4.78 is 0. The van der Waals surface area contributed by atoms with Crippen LogP contribution in [0, 0.1) is 5.41 Å². The Morgan fingerprint density at radius 3 is 2.57 bits per heavy atom. The van der Waals surface area contributed by atoms with Crippen LogP contribution >= 0.6 is 0 Å². The summed E-state index contributed by atoms with van der Waals surface area (Å²) in [5.41, 5.74) is 6.87. The van der Waals surface area contributed by atoms with Crippen LogP contribution in [0.5, 0.6) is 0 Å². The predicted octanol–water partition coefficient (Wildman–Crippen LogP) is 1.81. The van der Waals surface area contributed by atoms with Gasteiger partial charge >= 0.3 is 0 Å². The molecule has 0 amide bonds. The van der Waals surface area contributed by atoms with Crippen LogP contribution in [0.2, 0.25) is 0 Å². The lowest BCUT2D eigenvalue weighted by Gasteiger charge is -2.22. The standard InChI is InChI=1S/C11H18N2O/c1-11(2,3)7-8(12)9-5-4-6-10(14)13-9/h4-6,8H,7,12H2,1-3H3,(H,13,14). The number of hydrogen-bond acceptors (Lipinski definition) is 2. The molecule has 14 heavy (non-hydrogen) atoms. The summed E-state index contributed by atoms with van der Waals surface area (Å²) in [5.74, 6) is 0. The molecule has 3 heteroatoms. The van der Waals surface area contributed by atoms with Crippen molar-refractivity contribution in [2.75, 3.05) is 0 Å². The zero-order chi connectivity index (χ0) is 10.8. The number of pyridine rings is 1. The van der Waals surface area contributed by atoms with Gasteiger partial charge in [-0.15, -0.1) is 0 Å². The molecular weight excluding hydrogens is 176 g/mol. The van der Waals surface area contributed by atoms with E-state index < -0.39 is 0 Å². The van der Waals surface area contributed by atoms with Crippen LogP contribution in [-0.4, -0.2) is 4.98 Å². The van der Waals surface area contributed by atoms with E-state index >= 15 is 0 Å². The van der Waals surface area contributed by atoms with Crippen molar-refractivity contribution >= 4 is 0 Å². The van der Waals surface area contributed by atoms with Crippen molar-refractivity contribution in [2.24, 2.45) is 11.1 Å². The van der Waals surface area contributed by atoms with E-state index in [-0.39, 0.29) is 17.0 Å². The highest BCUT2D eigenvalue weighted by atomic mass is 16.1. The fourth-order valence-corrected chi connectivity index (χ4v) is 1.45. The molecule has 0 aliphatic rings. The van der Waals surface area contributed by atoms with Crippen molar-refractivity contribution in [1.29, 1.82) is 0 Å². The van der Waals surface area contributed by atoms with Gasteiger partial charge in [-0.25, -0.2) is 0 Å². The third-order valence-electron chi connectivity index (χ3n) is 2.02. The van der Waals surface area contributed by atoms with E-state index in [2.05, 4.69) is 25.8 Å². The number of nitrogens with two attached hydrogens (primary N) is 1. The molecule has 0 aliphatic carbocycles. The summed E-state index contributed by atoms with van der Waals surface area (Å²) in [4.78, 5) is 13.8. The minimum Gasteiger partial charge on any atom is -0.325 e. The minimum absolute atomic E-state index is 0.0909. The summed E-state index contributed by atoms with van der Waals surface area (Å²) in [6.07, 6.45) is 0.854. The maximum atomic E-state index is 11.0. The molecule has 78 valence electrons. The molecule has 3 N–H and O–H groups in total. The number of H-pyrrole nitrogens is 1. The zero-order valence-electron chi connectivity index (χ0n) is 9.00. The molecule has 0 saturated heterocycles. The first-order chi connectivity index (χ1) is 6.38. The number of aromatic amines is 1. The Balaban J connectivity index is 2.80. The predicted molar refractivity (Wildman–Crippen MR) is 58.1 cm³/mol. The van der Waals surface area contributed by atoms with Crippen molar-refractivity contribution in [3.63, 3.8) is 0 Å². The number of nitrogens with one attached hydrogen (secondary N) is 1. The third-order valence-corrected chi connectivity index (χ3v) is 2.02. The van der Waals surface area contributed by atoms with Gasteiger partial charge in [-0.05, 0) is 17.9 Å². The molecule has 1 aromatic rings. The van der Waals surface area contributed by atoms with Crippen LogP contribution < -0.4 is 11.3 Å². The molecule has 1 unspecified atom stereocenters. The average molecular weight is 194 g/mol. The lowest BCUT2D eigenvalue weighted by molar-refractivity contribution is 0.340. The van der Waals surface area contributed by atoms with Gasteiger partial charge in [0.2, 0.25) is 5.56 Å². The molecule has 0 aromatic carbocycles. The first-order valence-corrected chi connectivity index (χ1v) is 4.83. The van der Waals surface area contributed by atoms with E-state index in [9.17, 15) is 4.79 Å². The highest BCUT2D eigenvalue weighted by Crippen LogP contribution is 2.26. The molecule has 0 aliphatic heterocycles. The van der Waals surface area contributed by atoms with E-state index in [1.54, 1.807) is 6.07 Å². The number of aromatic nitrogens is 1. The molecule has 0 bridgehead atoms. The van der Waals surface area contributed by atoms with Crippen LogP contribution in [0.1, 0.15) is 38.9 Å². The van der Waals surface area contributed by atoms with Gasteiger partial charge in [0.05, 0.1) is 0 Å². The largest absolute Gasteiger partial charge is 0.325 e. The highest BCUT2D eigenvalue weighted by Gasteiger charge is 2.17. The second kappa shape index (κ2) is 3.96. The lowest BCUT2D eigenvalue weighted by atomic mass is 9.87. The van der Waals surface area contributed by atoms with Crippen molar-refractivity contribution in [1.82, 2.24) is 4.98 Å². The molecule has 0 fully saturated rings. The summed E-state index contributed by atoms with van der Waals surface area (Å²) in [6, 6.07) is 4.99. The Labute approximate surface area is 84.3 Å². The molecule has 3 nitrogen and oxygen atoms in total. The molecular formula is C11H18N2O. The van der Waals surface area contributed by atoms with E-state index in [0.29, 0.717) is 0 Å². The van der Waals surface area contributed by atoms with Crippen LogP contribution in [-0.2, 0) is 0 Å². The van der Waals surface area contributed by atoms with Gasteiger partial charge in [0.15, 0.2) is 0 Å². The van der Waals surface area contributed by atoms with Gasteiger partial charge in [-0.2, -0.15) is 0 Å². The Morgan fingerprint density at radius 2 is 2.07 bits per heavy atom. The summed E-state index contributed by atoms with van der Waals surface area (Å²) in [6.45, 7) is 6.40. The van der Waals surface area contributed by atoms with Gasteiger partial charge in [0, 0.05) is 17.8 Å². The van der Waals surface area contributed by atoms with E-state index in [1.807, 2.05) is 6.07 Å². The lowest BCUT2D eigenvalue weighted by Crippen LogP contribution is -2.21. The van der Waals surface area contributed by atoms with Gasteiger partial charge in [-0.1, -0.05) is 26.8 Å². The smallest absolute Gasteiger partial charge is 0.248 e. The average Bonchev–Trinajstić information content (AvgIpc) is 2.01. The molecule has 1 atom stereocenters. The maximum Gasteiger partial charge on any atom is 0.248 e. The second-order valence-corrected chi connectivity index (χ2v) is 4.84. The van der Waals surface area contributed by atoms with Crippen LogP contribution in [0.4, 0.5) is 0 Å². The van der Waals surface area contributed by atoms with Crippen LogP contribution in [0.25, 0.3) is 0 Å². The van der Waals surface area contributed by atoms with Gasteiger partial charge in [0.1, 0.15) is 0 Å². The van der Waals surface area contributed by atoms with Gasteiger partial charge in [0.25, 0.3) is 0 Å². The quantitative estimate of drug-likeness (QED) is 0.754. The topological polar surface area (TPSA) is 58.9 Å². The Kier molecular flexibility index (Phi) is 3.11. The maximum absolute atomic E-state index is 11.0. The second-order valence-electron chi connectivity index (χ2n) is 4.84. The molecule has 0 spiro atoms. The Bertz CT molecular complexity index is 349. The normalized spacial score (nSPS) is 14.0. The fourth-order valence-electron chi connectivity index (χ4n) is 1.45. The summed E-state index contributed by atoms with van der Waals surface area (Å²) >= 11 is 0. The Hall–Kier alpha value is -1.09. The first kappa shape index (κ1) is 11.0. The highest BCUT2D eigenvalue weighted by molar-refractivity contribution is 5.08. The number of rotatable bonds is 2. The summed E-state index contributed by atoms with van der Waals surface area (Å²) in [5, 5.41) is 0. The van der Waals surface area contributed by atoms with Crippen molar-refractivity contribution in [3.8, 4) is 0 Å².